The first kappa shape index (κ1) is 16.3. The molecule has 7 heteroatoms. The summed E-state index contributed by atoms with van der Waals surface area (Å²) in [5, 5.41) is 0. The number of carbonyl (C=O) groups is 1. The van der Waals surface area contributed by atoms with E-state index in [1.165, 1.54) is 12.1 Å². The Morgan fingerprint density at radius 3 is 2.57 bits per heavy atom. The zero-order valence-electron chi connectivity index (χ0n) is 12.0. The topological polar surface area (TPSA) is 63.7 Å². The van der Waals surface area contributed by atoms with Crippen molar-refractivity contribution in [2.24, 2.45) is 0 Å². The molecule has 21 heavy (non-hydrogen) atoms. The minimum atomic E-state index is -3.89. The summed E-state index contributed by atoms with van der Waals surface area (Å²) in [7, 11) is -3.89. The van der Waals surface area contributed by atoms with Crippen LogP contribution in [0.1, 0.15) is 25.3 Å². The van der Waals surface area contributed by atoms with E-state index in [0.717, 1.165) is 22.7 Å². The van der Waals surface area contributed by atoms with Gasteiger partial charge in [-0.1, -0.05) is 47.0 Å². The fourth-order valence-corrected chi connectivity index (χ4v) is 4.77. The molecule has 0 spiro atoms. The standard InChI is InChI=1S/C14H18BrNO4S/c1-3-4-12(15)13-9-20-14(17)16(13)21(18,19)11-7-5-10(2)6-8-11/h5-8,12-13H,3-4,9H2,1-2H3/t12-,13+/m0/s1. The van der Waals surface area contributed by atoms with Gasteiger partial charge in [0.05, 0.1) is 10.9 Å². The Morgan fingerprint density at radius 2 is 2.00 bits per heavy atom. The summed E-state index contributed by atoms with van der Waals surface area (Å²) in [6.45, 7) is 3.96. The zero-order valence-corrected chi connectivity index (χ0v) is 14.4. The van der Waals surface area contributed by atoms with Crippen LogP contribution in [0.4, 0.5) is 4.79 Å². The Balaban J connectivity index is 2.36. The molecule has 0 radical (unpaired) electrons. The minimum absolute atomic E-state index is 0.0832. The van der Waals surface area contributed by atoms with E-state index in [1.54, 1.807) is 12.1 Å². The van der Waals surface area contributed by atoms with E-state index >= 15 is 0 Å². The lowest BCUT2D eigenvalue weighted by atomic mass is 10.1. The van der Waals surface area contributed by atoms with Crippen LogP contribution in [0.3, 0.4) is 0 Å². The van der Waals surface area contributed by atoms with Crippen molar-refractivity contribution in [1.29, 1.82) is 0 Å². The molecule has 0 aliphatic carbocycles. The van der Waals surface area contributed by atoms with Crippen LogP contribution < -0.4 is 0 Å². The average molecular weight is 376 g/mol. The molecule has 2 rings (SSSR count). The number of carbonyl (C=O) groups excluding carboxylic acids is 1. The van der Waals surface area contributed by atoms with E-state index in [0.29, 0.717) is 0 Å². The van der Waals surface area contributed by atoms with E-state index in [4.69, 9.17) is 4.74 Å². The first-order valence-corrected chi connectivity index (χ1v) is 9.15. The van der Waals surface area contributed by atoms with Gasteiger partial charge < -0.3 is 4.74 Å². The van der Waals surface area contributed by atoms with Gasteiger partial charge in [-0.2, -0.15) is 4.31 Å². The van der Waals surface area contributed by atoms with Crippen LogP contribution >= 0.6 is 15.9 Å². The smallest absolute Gasteiger partial charge is 0.424 e. The lowest BCUT2D eigenvalue weighted by Gasteiger charge is -2.24. The van der Waals surface area contributed by atoms with Crippen LogP contribution in [0, 0.1) is 6.92 Å². The first-order valence-electron chi connectivity index (χ1n) is 6.80. The second-order valence-corrected chi connectivity index (χ2v) is 8.05. The summed E-state index contributed by atoms with van der Waals surface area (Å²) in [5.74, 6) is 0. The molecule has 1 heterocycles. The maximum atomic E-state index is 12.7. The summed E-state index contributed by atoms with van der Waals surface area (Å²) in [6.07, 6.45) is 0.849. The number of nitrogens with zero attached hydrogens (tertiary/aromatic N) is 1. The Kier molecular flexibility index (Phi) is 4.93. The highest BCUT2D eigenvalue weighted by atomic mass is 79.9. The summed E-state index contributed by atoms with van der Waals surface area (Å²) >= 11 is 3.47. The van der Waals surface area contributed by atoms with Gasteiger partial charge in [-0.3, -0.25) is 0 Å². The highest BCUT2D eigenvalue weighted by Gasteiger charge is 2.45. The van der Waals surface area contributed by atoms with Gasteiger partial charge in [0.1, 0.15) is 6.61 Å². The molecule has 1 aromatic rings. The van der Waals surface area contributed by atoms with Crippen LogP contribution in [0.5, 0.6) is 0 Å². The van der Waals surface area contributed by atoms with Crippen LogP contribution in [-0.4, -0.2) is 36.3 Å². The van der Waals surface area contributed by atoms with E-state index in [-0.39, 0.29) is 16.3 Å². The van der Waals surface area contributed by atoms with Crippen molar-refractivity contribution in [1.82, 2.24) is 4.31 Å². The largest absolute Gasteiger partial charge is 0.446 e. The van der Waals surface area contributed by atoms with Gasteiger partial charge in [0.2, 0.25) is 0 Å². The fourth-order valence-electron chi connectivity index (χ4n) is 2.24. The van der Waals surface area contributed by atoms with Gasteiger partial charge in [-0.05, 0) is 25.5 Å². The number of cyclic esters (lactones) is 1. The molecule has 1 saturated heterocycles. The van der Waals surface area contributed by atoms with E-state index < -0.39 is 22.2 Å². The third-order valence-corrected chi connectivity index (χ3v) is 6.29. The van der Waals surface area contributed by atoms with Crippen LogP contribution in [0.25, 0.3) is 0 Å². The molecule has 1 aliphatic heterocycles. The molecular formula is C14H18BrNO4S. The summed E-state index contributed by atoms with van der Waals surface area (Å²) < 4.78 is 31.2. The number of alkyl halides is 1. The van der Waals surface area contributed by atoms with Crippen LogP contribution in [-0.2, 0) is 14.8 Å². The molecule has 116 valence electrons. The second-order valence-electron chi connectivity index (χ2n) is 5.06. The predicted molar refractivity (Wildman–Crippen MR) is 83.0 cm³/mol. The Labute approximate surface area is 133 Å². The van der Waals surface area contributed by atoms with Gasteiger partial charge in [0, 0.05) is 4.83 Å². The second kappa shape index (κ2) is 6.36. The molecule has 0 bridgehead atoms. The molecule has 0 aromatic heterocycles. The molecule has 2 atom stereocenters. The zero-order chi connectivity index (χ0) is 15.6. The quantitative estimate of drug-likeness (QED) is 0.741. The Bertz CT molecular complexity index is 614. The molecule has 1 aromatic carbocycles. The Hall–Kier alpha value is -1.08. The third-order valence-electron chi connectivity index (χ3n) is 3.42. The average Bonchev–Trinajstić information content (AvgIpc) is 2.82. The molecule has 1 fully saturated rings. The minimum Gasteiger partial charge on any atom is -0.446 e. The SMILES string of the molecule is CCC[C@H](Br)[C@H]1COC(=O)N1S(=O)(=O)c1ccc(C)cc1. The lowest BCUT2D eigenvalue weighted by Crippen LogP contribution is -2.43. The van der Waals surface area contributed by atoms with Crippen molar-refractivity contribution in [3.8, 4) is 0 Å². The summed E-state index contributed by atoms with van der Waals surface area (Å²) in [5.41, 5.74) is 0.957. The highest BCUT2D eigenvalue weighted by Crippen LogP contribution is 2.29. The number of halogens is 1. The van der Waals surface area contributed by atoms with E-state index in [9.17, 15) is 13.2 Å². The molecule has 5 nitrogen and oxygen atoms in total. The maximum Gasteiger partial charge on any atom is 0.424 e. The summed E-state index contributed by atoms with van der Waals surface area (Å²) in [4.78, 5) is 11.9. The van der Waals surface area contributed by atoms with Crippen LogP contribution in [0.2, 0.25) is 0 Å². The predicted octanol–water partition coefficient (Wildman–Crippen LogP) is 3.07. The molecule has 0 N–H and O–H groups in total. The van der Waals surface area contributed by atoms with Gasteiger partial charge >= 0.3 is 6.09 Å². The molecule has 0 unspecified atom stereocenters. The van der Waals surface area contributed by atoms with Crippen molar-refractivity contribution >= 4 is 32.0 Å². The van der Waals surface area contributed by atoms with Gasteiger partial charge in [0.15, 0.2) is 0 Å². The molecule has 0 saturated carbocycles. The number of benzene rings is 1. The maximum absolute atomic E-state index is 12.7. The molecular weight excluding hydrogens is 358 g/mol. The van der Waals surface area contributed by atoms with Crippen molar-refractivity contribution < 1.29 is 17.9 Å². The third kappa shape index (κ3) is 3.23. The number of sulfonamides is 1. The van der Waals surface area contributed by atoms with Gasteiger partial charge in [-0.15, -0.1) is 0 Å². The van der Waals surface area contributed by atoms with E-state index in [1.807, 2.05) is 13.8 Å². The fraction of sp³-hybridized carbons (Fsp3) is 0.500. The lowest BCUT2D eigenvalue weighted by molar-refractivity contribution is 0.170. The molecule has 1 aliphatic rings. The van der Waals surface area contributed by atoms with E-state index in [2.05, 4.69) is 15.9 Å². The normalized spacial score (nSPS) is 20.4. The van der Waals surface area contributed by atoms with Crippen LogP contribution in [0.15, 0.2) is 29.2 Å². The monoisotopic (exact) mass is 375 g/mol. The number of rotatable bonds is 5. The molecule has 1 amide bonds. The highest BCUT2D eigenvalue weighted by molar-refractivity contribution is 9.09. The number of ether oxygens (including phenoxy) is 1. The first-order chi connectivity index (χ1) is 9.87. The van der Waals surface area contributed by atoms with Crippen molar-refractivity contribution in [3.63, 3.8) is 0 Å². The number of aryl methyl sites for hydroxylation is 1. The number of amides is 1. The van der Waals surface area contributed by atoms with Crippen molar-refractivity contribution in [2.75, 3.05) is 6.61 Å². The van der Waals surface area contributed by atoms with Gasteiger partial charge in [-0.25, -0.2) is 13.2 Å². The number of hydrogen-bond acceptors (Lipinski definition) is 4. The van der Waals surface area contributed by atoms with Gasteiger partial charge in [0.25, 0.3) is 10.0 Å². The van der Waals surface area contributed by atoms with Crippen molar-refractivity contribution in [3.05, 3.63) is 29.8 Å². The van der Waals surface area contributed by atoms with Crippen molar-refractivity contribution in [2.45, 2.75) is 42.5 Å². The summed E-state index contributed by atoms with van der Waals surface area (Å²) in [6, 6.07) is 5.93. The Morgan fingerprint density at radius 1 is 1.38 bits per heavy atom. The number of hydrogen-bond donors (Lipinski definition) is 0.